The molecular weight excluding hydrogens is 250 g/mol. The lowest BCUT2D eigenvalue weighted by Crippen LogP contribution is -2.38. The molecule has 0 aromatic heterocycles. The van der Waals surface area contributed by atoms with Gasteiger partial charge in [0, 0.05) is 11.6 Å². The Morgan fingerprint density at radius 3 is 2.56 bits per heavy atom. The number of hydrogen-bond acceptors (Lipinski definition) is 2. The number of unbranched alkanes of at least 4 members (excludes halogenated alkanes) is 1. The van der Waals surface area contributed by atoms with Crippen LogP contribution in [0.4, 0.5) is 0 Å². The minimum absolute atomic E-state index is 0.0547. The fraction of sp³-hybridized carbons (Fsp3) is 0.500. The summed E-state index contributed by atoms with van der Waals surface area (Å²) in [7, 11) is 0. The maximum Gasteiger partial charge on any atom is 0.261 e. The van der Waals surface area contributed by atoms with Gasteiger partial charge in [0.1, 0.15) is 5.75 Å². The van der Waals surface area contributed by atoms with E-state index < -0.39 is 6.10 Å². The maximum absolute atomic E-state index is 11.9. The molecule has 3 nitrogen and oxygen atoms in total. The van der Waals surface area contributed by atoms with E-state index in [1.807, 2.05) is 6.92 Å². The molecule has 0 fully saturated rings. The summed E-state index contributed by atoms with van der Waals surface area (Å²) in [5.41, 5.74) is 0. The van der Waals surface area contributed by atoms with Crippen molar-refractivity contribution in [3.8, 4) is 5.75 Å². The molecule has 4 heteroatoms. The molecule has 1 amide bonds. The van der Waals surface area contributed by atoms with Crippen LogP contribution in [0.5, 0.6) is 5.75 Å². The Morgan fingerprint density at radius 2 is 2.00 bits per heavy atom. The third kappa shape index (κ3) is 4.96. The monoisotopic (exact) mass is 269 g/mol. The van der Waals surface area contributed by atoms with Gasteiger partial charge in [0.15, 0.2) is 6.10 Å². The predicted molar refractivity (Wildman–Crippen MR) is 74.1 cm³/mol. The number of rotatable bonds is 7. The number of carbonyl (C=O) groups excluding carboxylic acids is 1. The van der Waals surface area contributed by atoms with Crippen molar-refractivity contribution in [1.82, 2.24) is 5.32 Å². The molecule has 0 saturated carbocycles. The standard InChI is InChI=1S/C14H20ClNO2/c1-3-5-10-16-14(17)13(4-2)18-12-8-6-11(15)7-9-12/h6-9,13H,3-5,10H2,1-2H3,(H,16,17)/t13-/m1/s1. The lowest BCUT2D eigenvalue weighted by Gasteiger charge is -2.17. The van der Waals surface area contributed by atoms with Crippen LogP contribution in [-0.4, -0.2) is 18.6 Å². The van der Waals surface area contributed by atoms with Crippen LogP contribution in [0.25, 0.3) is 0 Å². The topological polar surface area (TPSA) is 38.3 Å². The molecule has 1 atom stereocenters. The lowest BCUT2D eigenvalue weighted by molar-refractivity contribution is -0.128. The minimum atomic E-state index is -0.442. The molecule has 0 heterocycles. The van der Waals surface area contributed by atoms with Crippen molar-refractivity contribution in [3.05, 3.63) is 29.3 Å². The van der Waals surface area contributed by atoms with Crippen molar-refractivity contribution in [2.75, 3.05) is 6.54 Å². The van der Waals surface area contributed by atoms with Gasteiger partial charge in [0.25, 0.3) is 5.91 Å². The van der Waals surface area contributed by atoms with Crippen LogP contribution in [0.3, 0.4) is 0 Å². The van der Waals surface area contributed by atoms with E-state index in [1.165, 1.54) is 0 Å². The summed E-state index contributed by atoms with van der Waals surface area (Å²) >= 11 is 5.79. The van der Waals surface area contributed by atoms with E-state index in [0.717, 1.165) is 12.8 Å². The van der Waals surface area contributed by atoms with Crippen LogP contribution in [-0.2, 0) is 4.79 Å². The van der Waals surface area contributed by atoms with Crippen LogP contribution in [0.15, 0.2) is 24.3 Å². The molecule has 1 rings (SSSR count). The number of benzene rings is 1. The number of halogens is 1. The largest absolute Gasteiger partial charge is 0.481 e. The van der Waals surface area contributed by atoms with E-state index in [0.29, 0.717) is 23.7 Å². The molecular formula is C14H20ClNO2. The number of ether oxygens (including phenoxy) is 1. The van der Waals surface area contributed by atoms with Crippen LogP contribution in [0.1, 0.15) is 33.1 Å². The number of amides is 1. The first-order chi connectivity index (χ1) is 8.67. The van der Waals surface area contributed by atoms with E-state index in [-0.39, 0.29) is 5.91 Å². The highest BCUT2D eigenvalue weighted by molar-refractivity contribution is 6.30. The van der Waals surface area contributed by atoms with Crippen molar-refractivity contribution in [2.24, 2.45) is 0 Å². The van der Waals surface area contributed by atoms with E-state index in [1.54, 1.807) is 24.3 Å². The molecule has 18 heavy (non-hydrogen) atoms. The van der Waals surface area contributed by atoms with E-state index in [4.69, 9.17) is 16.3 Å². The fourth-order valence-corrected chi connectivity index (χ4v) is 1.63. The maximum atomic E-state index is 11.9. The molecule has 0 radical (unpaired) electrons. The second-order valence-corrected chi connectivity index (χ2v) is 4.55. The summed E-state index contributed by atoms with van der Waals surface area (Å²) in [6.07, 6.45) is 2.25. The zero-order chi connectivity index (χ0) is 13.4. The van der Waals surface area contributed by atoms with Crippen molar-refractivity contribution in [1.29, 1.82) is 0 Å². The zero-order valence-electron chi connectivity index (χ0n) is 10.9. The van der Waals surface area contributed by atoms with Crippen molar-refractivity contribution < 1.29 is 9.53 Å². The molecule has 1 aromatic rings. The highest BCUT2D eigenvalue weighted by Gasteiger charge is 2.17. The molecule has 0 bridgehead atoms. The summed E-state index contributed by atoms with van der Waals surface area (Å²) in [4.78, 5) is 11.9. The normalized spacial score (nSPS) is 11.9. The van der Waals surface area contributed by atoms with Gasteiger partial charge in [-0.05, 0) is 37.1 Å². The van der Waals surface area contributed by atoms with E-state index in [9.17, 15) is 4.79 Å². The molecule has 1 N–H and O–H groups in total. The number of hydrogen-bond donors (Lipinski definition) is 1. The number of nitrogens with one attached hydrogen (secondary N) is 1. The zero-order valence-corrected chi connectivity index (χ0v) is 11.7. The summed E-state index contributed by atoms with van der Waals surface area (Å²) in [5, 5.41) is 3.53. The van der Waals surface area contributed by atoms with Gasteiger partial charge in [-0.15, -0.1) is 0 Å². The molecule has 100 valence electrons. The van der Waals surface area contributed by atoms with Crippen LogP contribution in [0, 0.1) is 0 Å². The molecule has 0 unspecified atom stereocenters. The Kier molecular flexibility index (Phi) is 6.58. The van der Waals surface area contributed by atoms with E-state index >= 15 is 0 Å². The third-order valence-electron chi connectivity index (χ3n) is 2.58. The SMILES string of the molecule is CCCCNC(=O)[C@@H](CC)Oc1ccc(Cl)cc1. The molecule has 0 aliphatic rings. The quantitative estimate of drug-likeness (QED) is 0.771. The van der Waals surface area contributed by atoms with E-state index in [2.05, 4.69) is 12.2 Å². The van der Waals surface area contributed by atoms with Crippen LogP contribution in [0.2, 0.25) is 5.02 Å². The summed E-state index contributed by atoms with van der Waals surface area (Å²) in [6.45, 7) is 4.73. The first-order valence-corrected chi connectivity index (χ1v) is 6.75. The molecule has 1 aromatic carbocycles. The second kappa shape index (κ2) is 7.98. The molecule has 0 aliphatic carbocycles. The van der Waals surface area contributed by atoms with Gasteiger partial charge < -0.3 is 10.1 Å². The third-order valence-corrected chi connectivity index (χ3v) is 2.84. The Labute approximate surface area is 113 Å². The average molecular weight is 270 g/mol. The van der Waals surface area contributed by atoms with Gasteiger partial charge in [-0.3, -0.25) is 4.79 Å². The first-order valence-electron chi connectivity index (χ1n) is 6.37. The van der Waals surface area contributed by atoms with Gasteiger partial charge in [-0.1, -0.05) is 31.9 Å². The van der Waals surface area contributed by atoms with Crippen molar-refractivity contribution in [2.45, 2.75) is 39.2 Å². The minimum Gasteiger partial charge on any atom is -0.481 e. The summed E-state index contributed by atoms with van der Waals surface area (Å²) in [5.74, 6) is 0.609. The smallest absolute Gasteiger partial charge is 0.261 e. The summed E-state index contributed by atoms with van der Waals surface area (Å²) < 4.78 is 5.64. The van der Waals surface area contributed by atoms with Crippen LogP contribution < -0.4 is 10.1 Å². The van der Waals surface area contributed by atoms with Gasteiger partial charge in [0.05, 0.1) is 0 Å². The average Bonchev–Trinajstić information content (AvgIpc) is 2.38. The predicted octanol–water partition coefficient (Wildman–Crippen LogP) is 3.41. The highest BCUT2D eigenvalue weighted by Crippen LogP contribution is 2.17. The van der Waals surface area contributed by atoms with Gasteiger partial charge in [0.2, 0.25) is 0 Å². The number of carbonyl (C=O) groups is 1. The Balaban J connectivity index is 2.50. The Morgan fingerprint density at radius 1 is 1.33 bits per heavy atom. The van der Waals surface area contributed by atoms with Crippen LogP contribution >= 0.6 is 11.6 Å². The van der Waals surface area contributed by atoms with Gasteiger partial charge >= 0.3 is 0 Å². The molecule has 0 saturated heterocycles. The van der Waals surface area contributed by atoms with Gasteiger partial charge in [-0.25, -0.2) is 0 Å². The summed E-state index contributed by atoms with van der Waals surface area (Å²) in [6, 6.07) is 7.03. The van der Waals surface area contributed by atoms with Gasteiger partial charge in [-0.2, -0.15) is 0 Å². The Hall–Kier alpha value is -1.22. The Bertz CT molecular complexity index is 365. The highest BCUT2D eigenvalue weighted by atomic mass is 35.5. The second-order valence-electron chi connectivity index (χ2n) is 4.11. The van der Waals surface area contributed by atoms with Crippen molar-refractivity contribution >= 4 is 17.5 Å². The lowest BCUT2D eigenvalue weighted by atomic mass is 10.2. The van der Waals surface area contributed by atoms with Crippen molar-refractivity contribution in [3.63, 3.8) is 0 Å². The fourth-order valence-electron chi connectivity index (χ4n) is 1.50. The molecule has 0 aliphatic heterocycles. The molecule has 0 spiro atoms. The first kappa shape index (κ1) is 14.8.